The van der Waals surface area contributed by atoms with E-state index < -0.39 is 0 Å². The minimum atomic E-state index is 0. The van der Waals surface area contributed by atoms with Crippen LogP contribution in [0.3, 0.4) is 0 Å². The molecular weight excluding hydrogens is 226 g/mol. The molecule has 1 aromatic carbocycles. The Kier molecular flexibility index (Phi) is 4.33. The number of benzene rings is 1. The van der Waals surface area contributed by atoms with Crippen molar-refractivity contribution >= 4 is 23.7 Å². The van der Waals surface area contributed by atoms with E-state index in [-0.39, 0.29) is 18.4 Å². The minimum absolute atomic E-state index is 0. The van der Waals surface area contributed by atoms with Crippen LogP contribution in [0, 0.1) is 6.92 Å². The lowest BCUT2D eigenvalue weighted by Crippen LogP contribution is -2.10. The summed E-state index contributed by atoms with van der Waals surface area (Å²) in [5, 5.41) is 4.16. The van der Waals surface area contributed by atoms with Gasteiger partial charge in [-0.2, -0.15) is 11.3 Å². The van der Waals surface area contributed by atoms with Gasteiger partial charge in [-0.05, 0) is 34.9 Å². The van der Waals surface area contributed by atoms with Gasteiger partial charge in [-0.25, -0.2) is 0 Å². The molecule has 0 aliphatic carbocycles. The molecule has 1 atom stereocenters. The molecule has 0 aliphatic heterocycles. The molecule has 1 nitrogen and oxygen atoms in total. The SMILES string of the molecule is Cc1ccc([C@@H](N)c2ccsc2)cc1.Cl. The normalized spacial score (nSPS) is 11.9. The van der Waals surface area contributed by atoms with E-state index in [4.69, 9.17) is 5.73 Å². The molecule has 0 unspecified atom stereocenters. The lowest BCUT2D eigenvalue weighted by molar-refractivity contribution is 0.876. The molecule has 80 valence electrons. The van der Waals surface area contributed by atoms with Crippen LogP contribution in [0.25, 0.3) is 0 Å². The van der Waals surface area contributed by atoms with E-state index in [1.54, 1.807) is 11.3 Å². The van der Waals surface area contributed by atoms with Crippen molar-refractivity contribution in [2.45, 2.75) is 13.0 Å². The molecule has 1 heterocycles. The zero-order valence-electron chi connectivity index (χ0n) is 8.51. The monoisotopic (exact) mass is 239 g/mol. The third kappa shape index (κ3) is 2.81. The van der Waals surface area contributed by atoms with Gasteiger partial charge >= 0.3 is 0 Å². The number of halogens is 1. The van der Waals surface area contributed by atoms with Crippen molar-refractivity contribution in [1.29, 1.82) is 0 Å². The summed E-state index contributed by atoms with van der Waals surface area (Å²) < 4.78 is 0. The van der Waals surface area contributed by atoms with Crippen LogP contribution in [0.1, 0.15) is 22.7 Å². The predicted octanol–water partition coefficient (Wildman–Crippen LogP) is 3.53. The number of thiophene rings is 1. The Morgan fingerprint density at radius 1 is 1.07 bits per heavy atom. The molecule has 2 rings (SSSR count). The molecule has 2 aromatic rings. The molecule has 1 aromatic heterocycles. The number of hydrogen-bond donors (Lipinski definition) is 1. The summed E-state index contributed by atoms with van der Waals surface area (Å²) in [6.07, 6.45) is 0. The molecule has 2 N–H and O–H groups in total. The lowest BCUT2D eigenvalue weighted by Gasteiger charge is -2.10. The summed E-state index contributed by atoms with van der Waals surface area (Å²) in [4.78, 5) is 0. The van der Waals surface area contributed by atoms with Gasteiger partial charge in [0, 0.05) is 0 Å². The van der Waals surface area contributed by atoms with Gasteiger partial charge in [0.15, 0.2) is 0 Å². The number of nitrogens with two attached hydrogens (primary N) is 1. The Hall–Kier alpha value is -0.830. The number of rotatable bonds is 2. The van der Waals surface area contributed by atoms with Crippen molar-refractivity contribution in [1.82, 2.24) is 0 Å². The average Bonchev–Trinajstić information content (AvgIpc) is 2.71. The van der Waals surface area contributed by atoms with Gasteiger partial charge in [0.2, 0.25) is 0 Å². The van der Waals surface area contributed by atoms with Crippen molar-refractivity contribution < 1.29 is 0 Å². The third-order valence-corrected chi connectivity index (χ3v) is 3.04. The van der Waals surface area contributed by atoms with E-state index in [9.17, 15) is 0 Å². The Morgan fingerprint density at radius 2 is 1.73 bits per heavy atom. The first kappa shape index (κ1) is 12.2. The van der Waals surface area contributed by atoms with Crippen LogP contribution in [0.5, 0.6) is 0 Å². The van der Waals surface area contributed by atoms with Crippen molar-refractivity contribution in [2.75, 3.05) is 0 Å². The van der Waals surface area contributed by atoms with Crippen molar-refractivity contribution in [3.8, 4) is 0 Å². The summed E-state index contributed by atoms with van der Waals surface area (Å²) in [7, 11) is 0. The summed E-state index contributed by atoms with van der Waals surface area (Å²) in [6, 6.07) is 10.5. The Bertz CT molecular complexity index is 394. The molecule has 0 aliphatic rings. The Labute approximate surface area is 100 Å². The van der Waals surface area contributed by atoms with E-state index in [1.165, 1.54) is 16.7 Å². The predicted molar refractivity (Wildman–Crippen MR) is 68.8 cm³/mol. The summed E-state index contributed by atoms with van der Waals surface area (Å²) in [5.74, 6) is 0. The minimum Gasteiger partial charge on any atom is -0.320 e. The van der Waals surface area contributed by atoms with Gasteiger partial charge in [-0.15, -0.1) is 12.4 Å². The maximum atomic E-state index is 6.12. The van der Waals surface area contributed by atoms with Gasteiger partial charge in [-0.1, -0.05) is 29.8 Å². The molecule has 15 heavy (non-hydrogen) atoms. The maximum absolute atomic E-state index is 6.12. The first-order valence-corrected chi connectivity index (χ1v) is 5.56. The van der Waals surface area contributed by atoms with Crippen LogP contribution < -0.4 is 5.73 Å². The van der Waals surface area contributed by atoms with Crippen molar-refractivity contribution in [3.05, 3.63) is 57.8 Å². The second-order valence-corrected chi connectivity index (χ2v) is 4.23. The summed E-state index contributed by atoms with van der Waals surface area (Å²) in [5.41, 5.74) is 9.76. The second-order valence-electron chi connectivity index (χ2n) is 3.45. The second kappa shape index (κ2) is 5.31. The fourth-order valence-electron chi connectivity index (χ4n) is 1.42. The van der Waals surface area contributed by atoms with E-state index in [0.29, 0.717) is 0 Å². The molecule has 0 fully saturated rings. The van der Waals surface area contributed by atoms with Crippen LogP contribution in [0.4, 0.5) is 0 Å². The lowest BCUT2D eigenvalue weighted by atomic mass is 10.0. The highest BCUT2D eigenvalue weighted by atomic mass is 35.5. The van der Waals surface area contributed by atoms with Crippen LogP contribution in [0.15, 0.2) is 41.1 Å². The quantitative estimate of drug-likeness (QED) is 0.853. The maximum Gasteiger partial charge on any atom is 0.0559 e. The topological polar surface area (TPSA) is 26.0 Å². The van der Waals surface area contributed by atoms with Gasteiger partial charge in [0.1, 0.15) is 0 Å². The third-order valence-electron chi connectivity index (χ3n) is 2.34. The van der Waals surface area contributed by atoms with Crippen LogP contribution in [-0.2, 0) is 0 Å². The molecule has 3 heteroatoms. The van der Waals surface area contributed by atoms with Gasteiger partial charge in [0.25, 0.3) is 0 Å². The van der Waals surface area contributed by atoms with E-state index in [1.807, 2.05) is 0 Å². The number of aryl methyl sites for hydroxylation is 1. The molecule has 0 radical (unpaired) electrons. The fourth-order valence-corrected chi connectivity index (χ4v) is 2.11. The molecule has 0 spiro atoms. The first-order chi connectivity index (χ1) is 6.77. The Balaban J connectivity index is 0.00000112. The van der Waals surface area contributed by atoms with E-state index in [2.05, 4.69) is 48.0 Å². The number of hydrogen-bond acceptors (Lipinski definition) is 2. The van der Waals surface area contributed by atoms with Crippen LogP contribution in [-0.4, -0.2) is 0 Å². The van der Waals surface area contributed by atoms with Crippen molar-refractivity contribution in [3.63, 3.8) is 0 Å². The molecular formula is C12H14ClNS. The zero-order chi connectivity index (χ0) is 9.97. The largest absolute Gasteiger partial charge is 0.320 e. The van der Waals surface area contributed by atoms with E-state index in [0.717, 1.165) is 0 Å². The molecule has 0 saturated heterocycles. The van der Waals surface area contributed by atoms with Crippen LogP contribution >= 0.6 is 23.7 Å². The Morgan fingerprint density at radius 3 is 2.27 bits per heavy atom. The standard InChI is InChI=1S/C12H13NS.ClH/c1-9-2-4-10(5-3-9)12(13)11-6-7-14-8-11;/h2-8,12H,13H2,1H3;1H/t12-;/m1./s1. The van der Waals surface area contributed by atoms with Crippen LogP contribution in [0.2, 0.25) is 0 Å². The van der Waals surface area contributed by atoms with Gasteiger partial charge < -0.3 is 5.73 Å². The smallest absolute Gasteiger partial charge is 0.0559 e. The van der Waals surface area contributed by atoms with Crippen molar-refractivity contribution in [2.24, 2.45) is 5.73 Å². The van der Waals surface area contributed by atoms with Gasteiger partial charge in [0.05, 0.1) is 6.04 Å². The highest BCUT2D eigenvalue weighted by Gasteiger charge is 2.07. The highest BCUT2D eigenvalue weighted by molar-refractivity contribution is 7.08. The molecule has 0 amide bonds. The van der Waals surface area contributed by atoms with Gasteiger partial charge in [-0.3, -0.25) is 0 Å². The highest BCUT2D eigenvalue weighted by Crippen LogP contribution is 2.21. The molecule has 0 saturated carbocycles. The first-order valence-electron chi connectivity index (χ1n) is 4.61. The molecule has 0 bridgehead atoms. The van der Waals surface area contributed by atoms with E-state index >= 15 is 0 Å². The average molecular weight is 240 g/mol. The fraction of sp³-hybridized carbons (Fsp3) is 0.167. The summed E-state index contributed by atoms with van der Waals surface area (Å²) >= 11 is 1.69. The zero-order valence-corrected chi connectivity index (χ0v) is 10.1. The summed E-state index contributed by atoms with van der Waals surface area (Å²) in [6.45, 7) is 2.08.